The maximum atomic E-state index is 11.9. The zero-order chi connectivity index (χ0) is 15.0. The number of aromatic hydroxyl groups is 1. The van der Waals surface area contributed by atoms with E-state index in [4.69, 9.17) is 11.6 Å². The summed E-state index contributed by atoms with van der Waals surface area (Å²) >= 11 is 8.99. The number of hydrogen-bond donors (Lipinski definition) is 2. The van der Waals surface area contributed by atoms with Crippen molar-refractivity contribution in [1.29, 1.82) is 0 Å². The van der Waals surface area contributed by atoms with Crippen LogP contribution in [0.1, 0.15) is 5.56 Å². The smallest absolute Gasteiger partial charge is 0.331 e. The van der Waals surface area contributed by atoms with Crippen LogP contribution in [0.3, 0.4) is 0 Å². The van der Waals surface area contributed by atoms with Crippen LogP contribution in [-0.4, -0.2) is 34.9 Å². The first-order chi connectivity index (χ1) is 9.31. The summed E-state index contributed by atoms with van der Waals surface area (Å²) in [5.41, 5.74) is -0.0813. The van der Waals surface area contributed by atoms with Gasteiger partial charge in [0.1, 0.15) is 11.3 Å². The Morgan fingerprint density at radius 2 is 2.00 bits per heavy atom. The molecule has 20 heavy (non-hydrogen) atoms. The van der Waals surface area contributed by atoms with E-state index < -0.39 is 17.8 Å². The van der Waals surface area contributed by atoms with E-state index in [-0.39, 0.29) is 21.9 Å². The lowest BCUT2D eigenvalue weighted by atomic mass is 10.1. The van der Waals surface area contributed by atoms with E-state index in [1.165, 1.54) is 25.3 Å². The van der Waals surface area contributed by atoms with E-state index in [0.717, 1.165) is 4.90 Å². The van der Waals surface area contributed by atoms with E-state index in [0.29, 0.717) is 4.47 Å². The van der Waals surface area contributed by atoms with Crippen LogP contribution in [-0.2, 0) is 9.59 Å². The molecule has 1 aliphatic heterocycles. The molecule has 2 rings (SSSR count). The van der Waals surface area contributed by atoms with Crippen molar-refractivity contribution in [2.24, 2.45) is 0 Å². The van der Waals surface area contributed by atoms with Crippen LogP contribution in [0.5, 0.6) is 5.75 Å². The summed E-state index contributed by atoms with van der Waals surface area (Å²) < 4.78 is 0.570. The molecule has 104 valence electrons. The number of urea groups is 1. The van der Waals surface area contributed by atoms with E-state index in [2.05, 4.69) is 15.9 Å². The van der Waals surface area contributed by atoms with Crippen LogP contribution < -0.4 is 5.32 Å². The van der Waals surface area contributed by atoms with Gasteiger partial charge in [0.05, 0.1) is 5.02 Å². The summed E-state index contributed by atoms with van der Waals surface area (Å²) in [7, 11) is 1.24. The van der Waals surface area contributed by atoms with Crippen LogP contribution >= 0.6 is 27.5 Å². The molecule has 0 saturated carbocycles. The average molecular weight is 360 g/mol. The summed E-state index contributed by atoms with van der Waals surface area (Å²) in [6.07, 6.45) is 1.17. The van der Waals surface area contributed by atoms with Crippen LogP contribution in [0.25, 0.3) is 6.08 Å². The van der Waals surface area contributed by atoms with Gasteiger partial charge in [-0.25, -0.2) is 4.79 Å². The van der Waals surface area contributed by atoms with Crippen molar-refractivity contribution in [2.45, 2.75) is 0 Å². The molecule has 1 heterocycles. The molecule has 0 radical (unpaired) electrons. The number of amides is 4. The van der Waals surface area contributed by atoms with Crippen LogP contribution in [0.2, 0.25) is 5.02 Å². The van der Waals surface area contributed by atoms with Gasteiger partial charge in [-0.05, 0) is 18.2 Å². The molecule has 0 aliphatic carbocycles. The van der Waals surface area contributed by atoms with E-state index in [1.54, 1.807) is 0 Å². The highest BCUT2D eigenvalue weighted by Crippen LogP contribution is 2.33. The van der Waals surface area contributed by atoms with E-state index in [9.17, 15) is 19.5 Å². The summed E-state index contributed by atoms with van der Waals surface area (Å²) in [6, 6.07) is 2.16. The Balaban J connectivity index is 2.52. The number of rotatable bonds is 1. The Bertz CT molecular complexity index is 672. The van der Waals surface area contributed by atoms with E-state index in [1.807, 2.05) is 5.32 Å². The predicted molar refractivity (Wildman–Crippen MR) is 75.1 cm³/mol. The van der Waals surface area contributed by atoms with Gasteiger partial charge in [-0.15, -0.1) is 0 Å². The lowest BCUT2D eigenvalue weighted by molar-refractivity contribution is -0.129. The number of halogens is 2. The highest BCUT2D eigenvalue weighted by Gasteiger charge is 2.33. The predicted octanol–water partition coefficient (Wildman–Crippen LogP) is 1.90. The number of carbonyl (C=O) groups is 3. The van der Waals surface area contributed by atoms with Gasteiger partial charge in [0.25, 0.3) is 11.8 Å². The number of hydrogen-bond acceptors (Lipinski definition) is 4. The number of barbiturate groups is 1. The van der Waals surface area contributed by atoms with Gasteiger partial charge in [-0.2, -0.15) is 0 Å². The van der Waals surface area contributed by atoms with Crippen LogP contribution in [0.4, 0.5) is 4.79 Å². The molecule has 0 atom stereocenters. The molecule has 1 aliphatic rings. The fraction of sp³-hybridized carbons (Fsp3) is 0.0833. The normalized spacial score (nSPS) is 17.6. The third kappa shape index (κ3) is 2.54. The number of benzene rings is 1. The molecular weight excluding hydrogens is 351 g/mol. The van der Waals surface area contributed by atoms with Crippen molar-refractivity contribution in [3.8, 4) is 5.75 Å². The van der Waals surface area contributed by atoms with Crippen molar-refractivity contribution in [3.05, 3.63) is 32.8 Å². The second kappa shape index (κ2) is 5.26. The number of nitrogens with one attached hydrogen (secondary N) is 1. The molecule has 4 amide bonds. The molecule has 1 aromatic carbocycles. The standard InChI is InChI=1S/C12H8BrClN2O4/c1-16-11(19)7(10(18)15-12(16)20)3-5-2-6(13)4-8(14)9(5)17/h2-4,17H,1H3,(H,15,18,20). The largest absolute Gasteiger partial charge is 0.506 e. The number of phenols is 1. The molecule has 0 bridgehead atoms. The number of carbonyl (C=O) groups excluding carboxylic acids is 3. The second-order valence-corrected chi connectivity index (χ2v) is 5.33. The molecule has 1 saturated heterocycles. The van der Waals surface area contributed by atoms with Gasteiger partial charge in [-0.1, -0.05) is 27.5 Å². The van der Waals surface area contributed by atoms with Crippen molar-refractivity contribution in [2.75, 3.05) is 7.05 Å². The molecular formula is C12H8BrClN2O4. The molecule has 0 unspecified atom stereocenters. The van der Waals surface area contributed by atoms with Crippen molar-refractivity contribution in [1.82, 2.24) is 10.2 Å². The number of nitrogens with zero attached hydrogens (tertiary/aromatic N) is 1. The summed E-state index contributed by atoms with van der Waals surface area (Å²) in [6.45, 7) is 0. The molecule has 1 fully saturated rings. The van der Waals surface area contributed by atoms with E-state index >= 15 is 0 Å². The highest BCUT2D eigenvalue weighted by atomic mass is 79.9. The second-order valence-electron chi connectivity index (χ2n) is 4.01. The first kappa shape index (κ1) is 14.5. The van der Waals surface area contributed by atoms with Gasteiger partial charge in [-0.3, -0.25) is 19.8 Å². The molecule has 8 heteroatoms. The number of imide groups is 2. The molecule has 2 N–H and O–H groups in total. The molecule has 0 spiro atoms. The van der Waals surface area contributed by atoms with Gasteiger partial charge >= 0.3 is 6.03 Å². The number of phenolic OH excluding ortho intramolecular Hbond substituents is 1. The average Bonchev–Trinajstić information content (AvgIpc) is 2.37. The lowest BCUT2D eigenvalue weighted by Crippen LogP contribution is -2.52. The zero-order valence-corrected chi connectivity index (χ0v) is 12.4. The summed E-state index contributed by atoms with van der Waals surface area (Å²) in [4.78, 5) is 35.6. The van der Waals surface area contributed by atoms with Crippen LogP contribution in [0, 0.1) is 0 Å². The maximum Gasteiger partial charge on any atom is 0.331 e. The Kier molecular flexibility index (Phi) is 3.82. The van der Waals surface area contributed by atoms with Crippen molar-refractivity contribution >= 4 is 51.5 Å². The van der Waals surface area contributed by atoms with Gasteiger partial charge < -0.3 is 5.11 Å². The Morgan fingerprint density at radius 3 is 2.65 bits per heavy atom. The minimum atomic E-state index is -0.825. The molecule has 6 nitrogen and oxygen atoms in total. The summed E-state index contributed by atoms with van der Waals surface area (Å²) in [5, 5.41) is 11.9. The van der Waals surface area contributed by atoms with Crippen molar-refractivity contribution in [3.63, 3.8) is 0 Å². The fourth-order valence-electron chi connectivity index (χ4n) is 1.60. The Morgan fingerprint density at radius 1 is 1.35 bits per heavy atom. The maximum absolute atomic E-state index is 11.9. The first-order valence-electron chi connectivity index (χ1n) is 5.34. The lowest BCUT2D eigenvalue weighted by Gasteiger charge is -2.22. The monoisotopic (exact) mass is 358 g/mol. The van der Waals surface area contributed by atoms with Gasteiger partial charge in [0.2, 0.25) is 0 Å². The van der Waals surface area contributed by atoms with Crippen LogP contribution in [0.15, 0.2) is 22.2 Å². The minimum absolute atomic E-state index is 0.0688. The molecule has 0 aromatic heterocycles. The third-order valence-electron chi connectivity index (χ3n) is 2.66. The SMILES string of the molecule is CN1C(=O)NC(=O)C(=Cc2cc(Br)cc(Cl)c2O)C1=O. The zero-order valence-electron chi connectivity index (χ0n) is 10.1. The van der Waals surface area contributed by atoms with Crippen molar-refractivity contribution < 1.29 is 19.5 Å². The Hall–Kier alpha value is -1.86. The highest BCUT2D eigenvalue weighted by molar-refractivity contribution is 9.10. The first-order valence-corrected chi connectivity index (χ1v) is 6.51. The molecule has 1 aromatic rings. The third-order valence-corrected chi connectivity index (χ3v) is 3.41. The summed E-state index contributed by atoms with van der Waals surface area (Å²) in [5.74, 6) is -1.84. The topological polar surface area (TPSA) is 86.7 Å². The minimum Gasteiger partial charge on any atom is -0.506 e. The Labute approximate surface area is 127 Å². The van der Waals surface area contributed by atoms with Gasteiger partial charge in [0, 0.05) is 17.1 Å². The fourth-order valence-corrected chi connectivity index (χ4v) is 2.43. The number of likely N-dealkylation sites (N-methyl/N-ethyl adjacent to an activating group) is 1. The van der Waals surface area contributed by atoms with Gasteiger partial charge in [0.15, 0.2) is 0 Å². The quantitative estimate of drug-likeness (QED) is 0.592.